The third-order valence-corrected chi connectivity index (χ3v) is 3.96. The highest BCUT2D eigenvalue weighted by atomic mass is 35.5. The molecule has 1 aromatic rings. The molecule has 0 fully saturated rings. The van der Waals surface area contributed by atoms with Crippen LogP contribution in [0.15, 0.2) is 23.1 Å². The fraction of sp³-hybridized carbons (Fsp3) is 0.571. The minimum atomic E-state index is 0.819. The zero-order chi connectivity index (χ0) is 13.2. The maximum atomic E-state index is 6.27. The van der Waals surface area contributed by atoms with Gasteiger partial charge in [-0.05, 0) is 37.1 Å². The van der Waals surface area contributed by atoms with Gasteiger partial charge < -0.3 is 10.1 Å². The van der Waals surface area contributed by atoms with Gasteiger partial charge in [0.25, 0.3) is 0 Å². The largest absolute Gasteiger partial charge is 0.385 e. The van der Waals surface area contributed by atoms with Crippen LogP contribution in [-0.2, 0) is 11.3 Å². The monoisotopic (exact) mass is 287 g/mol. The summed E-state index contributed by atoms with van der Waals surface area (Å²) in [6, 6.07) is 6.32. The van der Waals surface area contributed by atoms with E-state index >= 15 is 0 Å². The van der Waals surface area contributed by atoms with Gasteiger partial charge in [-0.1, -0.05) is 24.6 Å². The van der Waals surface area contributed by atoms with Crippen LogP contribution in [0.2, 0.25) is 5.02 Å². The minimum absolute atomic E-state index is 0.819. The van der Waals surface area contributed by atoms with E-state index in [2.05, 4.69) is 30.4 Å². The first-order valence-corrected chi connectivity index (χ1v) is 7.75. The van der Waals surface area contributed by atoms with Crippen LogP contribution in [0.4, 0.5) is 0 Å². The Balaban J connectivity index is 2.41. The van der Waals surface area contributed by atoms with Crippen LogP contribution in [0.5, 0.6) is 0 Å². The average molecular weight is 288 g/mol. The summed E-state index contributed by atoms with van der Waals surface area (Å²) >= 11 is 8.10. The number of halogens is 1. The maximum absolute atomic E-state index is 6.27. The Bertz CT molecular complexity index is 347. The van der Waals surface area contributed by atoms with Crippen molar-refractivity contribution in [2.45, 2.75) is 31.2 Å². The molecule has 18 heavy (non-hydrogen) atoms. The Morgan fingerprint density at radius 2 is 2.22 bits per heavy atom. The Labute approximate surface area is 119 Å². The topological polar surface area (TPSA) is 21.3 Å². The molecule has 0 aromatic heterocycles. The maximum Gasteiger partial charge on any atom is 0.0470 e. The molecule has 0 heterocycles. The second-order valence-electron chi connectivity index (χ2n) is 4.12. The predicted molar refractivity (Wildman–Crippen MR) is 80.7 cm³/mol. The van der Waals surface area contributed by atoms with Gasteiger partial charge in [0.05, 0.1) is 0 Å². The van der Waals surface area contributed by atoms with Gasteiger partial charge in [0, 0.05) is 35.9 Å². The van der Waals surface area contributed by atoms with Crippen molar-refractivity contribution in [3.63, 3.8) is 0 Å². The van der Waals surface area contributed by atoms with E-state index in [-0.39, 0.29) is 0 Å². The van der Waals surface area contributed by atoms with Crippen molar-refractivity contribution in [3.8, 4) is 0 Å². The summed E-state index contributed by atoms with van der Waals surface area (Å²) in [5.41, 5.74) is 1.17. The van der Waals surface area contributed by atoms with Crippen LogP contribution in [0.25, 0.3) is 0 Å². The first kappa shape index (κ1) is 15.8. The molecule has 1 aromatic carbocycles. The van der Waals surface area contributed by atoms with Gasteiger partial charge in [-0.15, -0.1) is 11.8 Å². The lowest BCUT2D eigenvalue weighted by Crippen LogP contribution is -2.13. The standard InChI is InChI=1S/C14H22ClNOS/c1-3-7-16-11-12-5-6-13(10-14(12)15)18-9-4-8-17-2/h5-6,10,16H,3-4,7-9,11H2,1-2H3. The summed E-state index contributed by atoms with van der Waals surface area (Å²) in [6.07, 6.45) is 2.21. The molecule has 0 unspecified atom stereocenters. The fourth-order valence-corrected chi connectivity index (χ4v) is 2.73. The Kier molecular flexibility index (Phi) is 8.51. The third-order valence-electron chi connectivity index (χ3n) is 2.53. The van der Waals surface area contributed by atoms with Gasteiger partial charge in [-0.2, -0.15) is 0 Å². The van der Waals surface area contributed by atoms with Crippen molar-refractivity contribution < 1.29 is 4.74 Å². The summed E-state index contributed by atoms with van der Waals surface area (Å²) in [6.45, 7) is 4.86. The smallest absolute Gasteiger partial charge is 0.0470 e. The van der Waals surface area contributed by atoms with Crippen LogP contribution in [0.1, 0.15) is 25.3 Å². The van der Waals surface area contributed by atoms with Gasteiger partial charge in [-0.3, -0.25) is 0 Å². The molecule has 1 N–H and O–H groups in total. The van der Waals surface area contributed by atoms with Crippen LogP contribution < -0.4 is 5.32 Å². The van der Waals surface area contributed by atoms with Crippen molar-refractivity contribution in [3.05, 3.63) is 28.8 Å². The molecule has 0 aliphatic heterocycles. The Morgan fingerprint density at radius 3 is 2.89 bits per heavy atom. The van der Waals surface area contributed by atoms with Crippen molar-refractivity contribution >= 4 is 23.4 Å². The molecule has 0 saturated heterocycles. The number of ether oxygens (including phenoxy) is 1. The van der Waals surface area contributed by atoms with E-state index in [1.54, 1.807) is 7.11 Å². The molecule has 0 amide bonds. The van der Waals surface area contributed by atoms with Gasteiger partial charge in [0.2, 0.25) is 0 Å². The Morgan fingerprint density at radius 1 is 1.39 bits per heavy atom. The average Bonchev–Trinajstić information content (AvgIpc) is 2.37. The Hall–Kier alpha value is -0.220. The normalized spacial score (nSPS) is 10.8. The van der Waals surface area contributed by atoms with Gasteiger partial charge in [-0.25, -0.2) is 0 Å². The van der Waals surface area contributed by atoms with Gasteiger partial charge in [0.1, 0.15) is 0 Å². The number of benzene rings is 1. The van der Waals surface area contributed by atoms with Crippen LogP contribution in [-0.4, -0.2) is 26.0 Å². The van der Waals surface area contributed by atoms with Crippen molar-refractivity contribution in [1.82, 2.24) is 5.32 Å². The number of hydrogen-bond acceptors (Lipinski definition) is 3. The third kappa shape index (κ3) is 6.10. The summed E-state index contributed by atoms with van der Waals surface area (Å²) in [4.78, 5) is 1.23. The van der Waals surface area contributed by atoms with E-state index in [4.69, 9.17) is 16.3 Å². The molecular formula is C14H22ClNOS. The molecule has 0 atom stereocenters. The number of nitrogens with one attached hydrogen (secondary N) is 1. The lowest BCUT2D eigenvalue weighted by atomic mass is 10.2. The number of thioether (sulfide) groups is 1. The first-order valence-electron chi connectivity index (χ1n) is 6.38. The van der Waals surface area contributed by atoms with Crippen molar-refractivity contribution in [2.75, 3.05) is 26.0 Å². The number of methoxy groups -OCH3 is 1. The number of hydrogen-bond donors (Lipinski definition) is 1. The summed E-state index contributed by atoms with van der Waals surface area (Å²) in [5, 5.41) is 4.22. The van der Waals surface area contributed by atoms with Crippen molar-refractivity contribution in [2.24, 2.45) is 0 Å². The van der Waals surface area contributed by atoms with E-state index in [9.17, 15) is 0 Å². The molecular weight excluding hydrogens is 266 g/mol. The molecule has 102 valence electrons. The first-order chi connectivity index (χ1) is 8.77. The number of rotatable bonds is 9. The molecule has 0 bridgehead atoms. The highest BCUT2D eigenvalue weighted by molar-refractivity contribution is 7.99. The zero-order valence-electron chi connectivity index (χ0n) is 11.2. The molecule has 4 heteroatoms. The molecule has 0 aliphatic rings. The highest BCUT2D eigenvalue weighted by Crippen LogP contribution is 2.25. The summed E-state index contributed by atoms with van der Waals surface area (Å²) in [7, 11) is 1.74. The molecule has 2 nitrogen and oxygen atoms in total. The van der Waals surface area contributed by atoms with E-state index in [1.807, 2.05) is 11.8 Å². The summed E-state index contributed by atoms with van der Waals surface area (Å²) < 4.78 is 5.03. The predicted octanol–water partition coefficient (Wildman–Crippen LogP) is 3.97. The lowest BCUT2D eigenvalue weighted by Gasteiger charge is -2.08. The van der Waals surface area contributed by atoms with E-state index in [0.717, 1.165) is 43.3 Å². The van der Waals surface area contributed by atoms with Crippen LogP contribution >= 0.6 is 23.4 Å². The lowest BCUT2D eigenvalue weighted by molar-refractivity contribution is 0.200. The van der Waals surface area contributed by atoms with E-state index in [1.165, 1.54) is 10.5 Å². The SMILES string of the molecule is CCCNCc1ccc(SCCCOC)cc1Cl. The minimum Gasteiger partial charge on any atom is -0.385 e. The zero-order valence-corrected chi connectivity index (χ0v) is 12.7. The summed E-state index contributed by atoms with van der Waals surface area (Å²) in [5.74, 6) is 1.07. The molecule has 0 radical (unpaired) electrons. The quantitative estimate of drug-likeness (QED) is 0.548. The van der Waals surface area contributed by atoms with Crippen LogP contribution in [0.3, 0.4) is 0 Å². The molecule has 0 saturated carbocycles. The van der Waals surface area contributed by atoms with E-state index < -0.39 is 0 Å². The molecule has 0 spiro atoms. The van der Waals surface area contributed by atoms with Gasteiger partial charge in [0.15, 0.2) is 0 Å². The van der Waals surface area contributed by atoms with Crippen LogP contribution in [0, 0.1) is 0 Å². The van der Waals surface area contributed by atoms with E-state index in [0.29, 0.717) is 0 Å². The second-order valence-corrected chi connectivity index (χ2v) is 5.70. The molecule has 0 aliphatic carbocycles. The molecule has 1 rings (SSSR count). The highest BCUT2D eigenvalue weighted by Gasteiger charge is 2.02. The fourth-order valence-electron chi connectivity index (χ4n) is 1.55. The van der Waals surface area contributed by atoms with Crippen molar-refractivity contribution in [1.29, 1.82) is 0 Å². The second kappa shape index (κ2) is 9.68. The van der Waals surface area contributed by atoms with Gasteiger partial charge >= 0.3 is 0 Å².